The highest BCUT2D eigenvalue weighted by Crippen LogP contribution is 2.22. The van der Waals surface area contributed by atoms with Crippen LogP contribution in [0.2, 0.25) is 5.02 Å². The quantitative estimate of drug-likeness (QED) is 0.799. The third-order valence-electron chi connectivity index (χ3n) is 4.02. The SMILES string of the molecule is CN[C@H](C)c1nc2ccccc2c(=O)n1-c1ccc(Cl)cc1C. The highest BCUT2D eigenvalue weighted by atomic mass is 35.5. The van der Waals surface area contributed by atoms with Gasteiger partial charge in [0.2, 0.25) is 0 Å². The molecule has 0 aliphatic heterocycles. The molecular weight excluding hydrogens is 310 g/mol. The molecule has 1 atom stereocenters. The van der Waals surface area contributed by atoms with Gasteiger partial charge in [0.05, 0.1) is 22.6 Å². The van der Waals surface area contributed by atoms with Crippen LogP contribution in [-0.2, 0) is 0 Å². The number of aryl methyl sites for hydroxylation is 1. The van der Waals surface area contributed by atoms with Crippen LogP contribution in [0.15, 0.2) is 47.3 Å². The molecule has 3 aromatic rings. The minimum Gasteiger partial charge on any atom is -0.311 e. The second-order valence-electron chi connectivity index (χ2n) is 5.57. The van der Waals surface area contributed by atoms with Gasteiger partial charge in [0, 0.05) is 5.02 Å². The Balaban J connectivity index is 2.42. The number of nitrogens with one attached hydrogen (secondary N) is 1. The second-order valence-corrected chi connectivity index (χ2v) is 6.01. The number of nitrogens with zero attached hydrogens (tertiary/aromatic N) is 2. The van der Waals surface area contributed by atoms with Gasteiger partial charge in [-0.3, -0.25) is 9.36 Å². The van der Waals surface area contributed by atoms with Crippen LogP contribution in [0, 0.1) is 6.92 Å². The topological polar surface area (TPSA) is 46.9 Å². The van der Waals surface area contributed by atoms with E-state index in [1.807, 2.05) is 51.2 Å². The Hall–Kier alpha value is -2.17. The third-order valence-corrected chi connectivity index (χ3v) is 4.26. The molecule has 0 radical (unpaired) electrons. The molecule has 0 saturated heterocycles. The van der Waals surface area contributed by atoms with E-state index < -0.39 is 0 Å². The largest absolute Gasteiger partial charge is 0.311 e. The molecule has 5 heteroatoms. The van der Waals surface area contributed by atoms with Crippen molar-refractivity contribution in [3.05, 3.63) is 69.2 Å². The Morgan fingerprint density at radius 1 is 1.22 bits per heavy atom. The van der Waals surface area contributed by atoms with Crippen molar-refractivity contribution in [2.45, 2.75) is 19.9 Å². The van der Waals surface area contributed by atoms with Crippen LogP contribution in [0.25, 0.3) is 16.6 Å². The highest BCUT2D eigenvalue weighted by Gasteiger charge is 2.17. The first-order valence-corrected chi connectivity index (χ1v) is 7.86. The monoisotopic (exact) mass is 327 g/mol. The van der Waals surface area contributed by atoms with E-state index in [0.717, 1.165) is 11.3 Å². The first kappa shape index (κ1) is 15.7. The van der Waals surface area contributed by atoms with Gasteiger partial charge >= 0.3 is 0 Å². The predicted molar refractivity (Wildman–Crippen MR) is 94.6 cm³/mol. The highest BCUT2D eigenvalue weighted by molar-refractivity contribution is 6.30. The molecule has 1 aromatic heterocycles. The average Bonchev–Trinajstić information content (AvgIpc) is 2.55. The van der Waals surface area contributed by atoms with E-state index in [9.17, 15) is 4.79 Å². The van der Waals surface area contributed by atoms with Gasteiger partial charge in [-0.15, -0.1) is 0 Å². The molecule has 3 rings (SSSR count). The van der Waals surface area contributed by atoms with Crippen molar-refractivity contribution < 1.29 is 0 Å². The van der Waals surface area contributed by atoms with Crippen LogP contribution >= 0.6 is 11.6 Å². The summed E-state index contributed by atoms with van der Waals surface area (Å²) >= 11 is 6.05. The van der Waals surface area contributed by atoms with Gasteiger partial charge in [0.1, 0.15) is 5.82 Å². The molecule has 1 N–H and O–H groups in total. The van der Waals surface area contributed by atoms with Crippen LogP contribution in [-0.4, -0.2) is 16.6 Å². The number of fused-ring (bicyclic) bond motifs is 1. The number of hydrogen-bond acceptors (Lipinski definition) is 3. The third kappa shape index (κ3) is 2.76. The summed E-state index contributed by atoms with van der Waals surface area (Å²) in [5.74, 6) is 0.682. The fraction of sp³-hybridized carbons (Fsp3) is 0.222. The lowest BCUT2D eigenvalue weighted by atomic mass is 10.1. The van der Waals surface area contributed by atoms with E-state index in [0.29, 0.717) is 21.7 Å². The molecule has 1 heterocycles. The minimum atomic E-state index is -0.0712. The van der Waals surface area contributed by atoms with Gasteiger partial charge in [0.15, 0.2) is 0 Å². The summed E-state index contributed by atoms with van der Waals surface area (Å²) in [5.41, 5.74) is 2.37. The molecule has 0 saturated carbocycles. The Kier molecular flexibility index (Phi) is 4.20. The van der Waals surface area contributed by atoms with Crippen molar-refractivity contribution in [3.8, 4) is 5.69 Å². The summed E-state index contributed by atoms with van der Waals surface area (Å²) in [6.07, 6.45) is 0. The summed E-state index contributed by atoms with van der Waals surface area (Å²) in [7, 11) is 1.85. The number of rotatable bonds is 3. The van der Waals surface area contributed by atoms with E-state index in [1.165, 1.54) is 0 Å². The van der Waals surface area contributed by atoms with Crippen LogP contribution in [0.3, 0.4) is 0 Å². The van der Waals surface area contributed by atoms with Crippen molar-refractivity contribution in [2.24, 2.45) is 0 Å². The molecule has 4 nitrogen and oxygen atoms in total. The Morgan fingerprint density at radius 3 is 2.65 bits per heavy atom. The Bertz CT molecular complexity index is 933. The van der Waals surface area contributed by atoms with Crippen molar-refractivity contribution in [3.63, 3.8) is 0 Å². The molecule has 0 unspecified atom stereocenters. The van der Waals surface area contributed by atoms with Crippen LogP contribution in [0.5, 0.6) is 0 Å². The molecule has 0 amide bonds. The summed E-state index contributed by atoms with van der Waals surface area (Å²) in [6.45, 7) is 3.93. The van der Waals surface area contributed by atoms with E-state index in [2.05, 4.69) is 5.32 Å². The molecule has 0 fully saturated rings. The first-order valence-electron chi connectivity index (χ1n) is 7.48. The number of aromatic nitrogens is 2. The second kappa shape index (κ2) is 6.14. The van der Waals surface area contributed by atoms with Crippen LogP contribution < -0.4 is 10.9 Å². The number of hydrogen-bond donors (Lipinski definition) is 1. The molecular formula is C18H18ClN3O. The molecule has 23 heavy (non-hydrogen) atoms. The lowest BCUT2D eigenvalue weighted by Crippen LogP contribution is -2.29. The maximum Gasteiger partial charge on any atom is 0.266 e. The van der Waals surface area contributed by atoms with Crippen molar-refractivity contribution in [1.82, 2.24) is 14.9 Å². The van der Waals surface area contributed by atoms with Crippen molar-refractivity contribution in [1.29, 1.82) is 0 Å². The summed E-state index contributed by atoms with van der Waals surface area (Å²) in [5, 5.41) is 4.42. The first-order chi connectivity index (χ1) is 11.0. The molecule has 0 spiro atoms. The minimum absolute atomic E-state index is 0.0672. The fourth-order valence-corrected chi connectivity index (χ4v) is 2.90. The normalized spacial score (nSPS) is 12.5. The smallest absolute Gasteiger partial charge is 0.266 e. The fourth-order valence-electron chi connectivity index (χ4n) is 2.67. The van der Waals surface area contributed by atoms with Gasteiger partial charge in [0.25, 0.3) is 5.56 Å². The van der Waals surface area contributed by atoms with Crippen molar-refractivity contribution in [2.75, 3.05) is 7.05 Å². The zero-order valence-corrected chi connectivity index (χ0v) is 14.1. The standard InChI is InChI=1S/C18H18ClN3O/c1-11-10-13(19)8-9-16(11)22-17(12(2)20-3)21-15-7-5-4-6-14(15)18(22)23/h4-10,12,20H,1-3H3/t12-/m1/s1. The van der Waals surface area contributed by atoms with E-state index in [4.69, 9.17) is 16.6 Å². The number of benzene rings is 2. The van der Waals surface area contributed by atoms with Crippen LogP contribution in [0.1, 0.15) is 24.4 Å². The summed E-state index contributed by atoms with van der Waals surface area (Å²) < 4.78 is 1.68. The lowest BCUT2D eigenvalue weighted by Gasteiger charge is -2.19. The molecule has 2 aromatic carbocycles. The predicted octanol–water partition coefficient (Wildman–Crippen LogP) is 3.63. The zero-order valence-electron chi connectivity index (χ0n) is 13.3. The zero-order chi connectivity index (χ0) is 16.6. The Morgan fingerprint density at radius 2 is 1.96 bits per heavy atom. The molecule has 0 aliphatic carbocycles. The van der Waals surface area contributed by atoms with E-state index in [-0.39, 0.29) is 11.6 Å². The van der Waals surface area contributed by atoms with Crippen LogP contribution in [0.4, 0.5) is 0 Å². The summed E-state index contributed by atoms with van der Waals surface area (Å²) in [4.78, 5) is 17.8. The maximum absolute atomic E-state index is 13.1. The number of halogens is 1. The van der Waals surface area contributed by atoms with Gasteiger partial charge in [-0.1, -0.05) is 23.7 Å². The summed E-state index contributed by atoms with van der Waals surface area (Å²) in [6, 6.07) is 12.9. The van der Waals surface area contributed by atoms with Gasteiger partial charge in [-0.25, -0.2) is 4.98 Å². The molecule has 0 bridgehead atoms. The maximum atomic E-state index is 13.1. The van der Waals surface area contributed by atoms with E-state index in [1.54, 1.807) is 16.7 Å². The number of para-hydroxylation sites is 1. The van der Waals surface area contributed by atoms with Gasteiger partial charge in [-0.2, -0.15) is 0 Å². The average molecular weight is 328 g/mol. The molecule has 0 aliphatic rings. The van der Waals surface area contributed by atoms with Crippen molar-refractivity contribution >= 4 is 22.5 Å². The van der Waals surface area contributed by atoms with E-state index >= 15 is 0 Å². The Labute approximate surface area is 139 Å². The molecule has 118 valence electrons. The van der Waals surface area contributed by atoms with Gasteiger partial charge < -0.3 is 5.32 Å². The van der Waals surface area contributed by atoms with Gasteiger partial charge in [-0.05, 0) is 56.8 Å². The lowest BCUT2D eigenvalue weighted by molar-refractivity contribution is 0.589.